The highest BCUT2D eigenvalue weighted by Crippen LogP contribution is 2.39. The zero-order valence-electron chi connectivity index (χ0n) is 11.0. The van der Waals surface area contributed by atoms with E-state index in [4.69, 9.17) is 5.73 Å². The third kappa shape index (κ3) is 2.09. The molecule has 0 bridgehead atoms. The number of thioether (sulfide) groups is 1. The van der Waals surface area contributed by atoms with Crippen LogP contribution in [0.2, 0.25) is 0 Å². The number of nitrogens with zero attached hydrogens (tertiary/aromatic N) is 3. The van der Waals surface area contributed by atoms with Crippen LogP contribution in [-0.2, 0) is 9.59 Å². The molecule has 7 nitrogen and oxygen atoms in total. The van der Waals surface area contributed by atoms with Crippen molar-refractivity contribution < 1.29 is 9.59 Å². The number of anilines is 2. The maximum Gasteiger partial charge on any atom is 0.235 e. The first-order chi connectivity index (χ1) is 9.52. The molecule has 1 atom stereocenters. The summed E-state index contributed by atoms with van der Waals surface area (Å²) in [6, 6.07) is 1.70. The maximum absolute atomic E-state index is 12.0. The fourth-order valence-corrected chi connectivity index (χ4v) is 3.15. The Bertz CT molecular complexity index is 593. The predicted molar refractivity (Wildman–Crippen MR) is 75.3 cm³/mol. The van der Waals surface area contributed by atoms with E-state index in [9.17, 15) is 9.59 Å². The minimum atomic E-state index is -0.601. The van der Waals surface area contributed by atoms with E-state index in [1.807, 2.05) is 11.2 Å². The first kappa shape index (κ1) is 13.2. The SMILES string of the molecule is CSc1nc(N)cc(N2CC[C@@]3(CC(=O)NC3=O)C2)n1. The zero-order chi connectivity index (χ0) is 14.3. The summed E-state index contributed by atoms with van der Waals surface area (Å²) >= 11 is 1.42. The fraction of sp³-hybridized carbons (Fsp3) is 0.500. The van der Waals surface area contributed by atoms with Gasteiger partial charge in [-0.15, -0.1) is 0 Å². The quantitative estimate of drug-likeness (QED) is 0.450. The standard InChI is InChI=1S/C12H15N5O2S/c1-20-11-14-7(13)4-8(15-11)17-3-2-12(6-17)5-9(18)16-10(12)19/h4H,2-3,5-6H2,1H3,(H2,13,14,15)(H,16,18,19)/t12-/m1/s1. The van der Waals surface area contributed by atoms with Gasteiger partial charge >= 0.3 is 0 Å². The lowest BCUT2D eigenvalue weighted by atomic mass is 9.85. The minimum Gasteiger partial charge on any atom is -0.383 e. The van der Waals surface area contributed by atoms with Crippen molar-refractivity contribution in [3.63, 3.8) is 0 Å². The Morgan fingerprint density at radius 3 is 2.90 bits per heavy atom. The molecule has 0 unspecified atom stereocenters. The van der Waals surface area contributed by atoms with Gasteiger partial charge in [-0.05, 0) is 12.7 Å². The molecule has 8 heteroatoms. The van der Waals surface area contributed by atoms with E-state index in [-0.39, 0.29) is 18.2 Å². The molecule has 0 aromatic carbocycles. The van der Waals surface area contributed by atoms with E-state index in [0.717, 1.165) is 0 Å². The normalized spacial score (nSPS) is 25.6. The highest BCUT2D eigenvalue weighted by molar-refractivity contribution is 7.98. The monoisotopic (exact) mass is 293 g/mol. The van der Waals surface area contributed by atoms with Crippen molar-refractivity contribution in [3.8, 4) is 0 Å². The summed E-state index contributed by atoms with van der Waals surface area (Å²) in [4.78, 5) is 33.9. The summed E-state index contributed by atoms with van der Waals surface area (Å²) in [5, 5.41) is 2.99. The molecule has 1 aromatic heterocycles. The van der Waals surface area contributed by atoms with Crippen molar-refractivity contribution in [3.05, 3.63) is 6.07 Å². The third-order valence-electron chi connectivity index (χ3n) is 3.81. The molecule has 20 heavy (non-hydrogen) atoms. The highest BCUT2D eigenvalue weighted by Gasteiger charge is 2.51. The van der Waals surface area contributed by atoms with Gasteiger partial charge in [0.15, 0.2) is 5.16 Å². The Hall–Kier alpha value is -1.83. The van der Waals surface area contributed by atoms with Crippen LogP contribution < -0.4 is 16.0 Å². The summed E-state index contributed by atoms with van der Waals surface area (Å²) in [6.45, 7) is 1.18. The molecule has 2 aliphatic heterocycles. The summed E-state index contributed by atoms with van der Waals surface area (Å²) in [7, 11) is 0. The number of imide groups is 1. The van der Waals surface area contributed by atoms with Crippen LogP contribution in [-0.4, -0.2) is 41.1 Å². The number of aromatic nitrogens is 2. The topological polar surface area (TPSA) is 101 Å². The zero-order valence-corrected chi connectivity index (χ0v) is 11.9. The van der Waals surface area contributed by atoms with Crippen LogP contribution >= 0.6 is 11.8 Å². The van der Waals surface area contributed by atoms with E-state index in [1.165, 1.54) is 11.8 Å². The molecule has 2 aliphatic rings. The Balaban J connectivity index is 1.86. The highest BCUT2D eigenvalue weighted by atomic mass is 32.2. The molecule has 3 rings (SSSR count). The number of carbonyl (C=O) groups excluding carboxylic acids is 2. The van der Waals surface area contributed by atoms with Crippen LogP contribution in [0.25, 0.3) is 0 Å². The lowest BCUT2D eigenvalue weighted by molar-refractivity contribution is -0.127. The molecule has 2 amide bonds. The number of nitrogen functional groups attached to an aromatic ring is 1. The first-order valence-electron chi connectivity index (χ1n) is 6.30. The van der Waals surface area contributed by atoms with Gasteiger partial charge in [-0.25, -0.2) is 9.97 Å². The van der Waals surface area contributed by atoms with Gasteiger partial charge in [0.2, 0.25) is 11.8 Å². The number of hydrogen-bond acceptors (Lipinski definition) is 7. The molecule has 0 radical (unpaired) electrons. The van der Waals surface area contributed by atoms with Crippen molar-refractivity contribution in [1.29, 1.82) is 0 Å². The van der Waals surface area contributed by atoms with Crippen molar-refractivity contribution >= 4 is 35.2 Å². The van der Waals surface area contributed by atoms with Crippen LogP contribution in [0.1, 0.15) is 12.8 Å². The largest absolute Gasteiger partial charge is 0.383 e. The van der Waals surface area contributed by atoms with Gasteiger partial charge in [-0.3, -0.25) is 14.9 Å². The Kier molecular flexibility index (Phi) is 3.04. The second-order valence-electron chi connectivity index (χ2n) is 5.14. The molecule has 2 fully saturated rings. The number of amides is 2. The van der Waals surface area contributed by atoms with Gasteiger partial charge in [0.25, 0.3) is 0 Å². The summed E-state index contributed by atoms with van der Waals surface area (Å²) in [5.41, 5.74) is 5.17. The van der Waals surface area contributed by atoms with Gasteiger partial charge in [0.05, 0.1) is 5.41 Å². The lowest BCUT2D eigenvalue weighted by Crippen LogP contribution is -2.34. The molecule has 0 saturated carbocycles. The lowest BCUT2D eigenvalue weighted by Gasteiger charge is -2.21. The van der Waals surface area contributed by atoms with Crippen LogP contribution in [0, 0.1) is 5.41 Å². The number of nitrogens with two attached hydrogens (primary N) is 1. The van der Waals surface area contributed by atoms with Gasteiger partial charge in [0.1, 0.15) is 11.6 Å². The first-order valence-corrected chi connectivity index (χ1v) is 7.53. The molecule has 106 valence electrons. The molecule has 3 heterocycles. The predicted octanol–water partition coefficient (Wildman–Crippen LogP) is 0.0237. The van der Waals surface area contributed by atoms with Crippen LogP contribution in [0.5, 0.6) is 0 Å². The third-order valence-corrected chi connectivity index (χ3v) is 4.35. The van der Waals surface area contributed by atoms with Crippen molar-refractivity contribution in [2.45, 2.75) is 18.0 Å². The number of rotatable bonds is 2. The smallest absolute Gasteiger partial charge is 0.235 e. The number of hydrogen-bond donors (Lipinski definition) is 2. The Labute approximate surface area is 120 Å². The second kappa shape index (κ2) is 4.62. The van der Waals surface area contributed by atoms with Gasteiger partial charge in [-0.1, -0.05) is 11.8 Å². The molecule has 0 aliphatic carbocycles. The summed E-state index contributed by atoms with van der Waals surface area (Å²) in [6.07, 6.45) is 2.80. The van der Waals surface area contributed by atoms with Gasteiger partial charge < -0.3 is 10.6 Å². The summed E-state index contributed by atoms with van der Waals surface area (Å²) < 4.78 is 0. The van der Waals surface area contributed by atoms with Crippen molar-refractivity contribution in [2.24, 2.45) is 5.41 Å². The molecule has 1 spiro atoms. The van der Waals surface area contributed by atoms with E-state index in [2.05, 4.69) is 15.3 Å². The molecule has 3 N–H and O–H groups in total. The van der Waals surface area contributed by atoms with E-state index in [0.29, 0.717) is 36.3 Å². The molecule has 2 saturated heterocycles. The Morgan fingerprint density at radius 2 is 2.25 bits per heavy atom. The van der Waals surface area contributed by atoms with Crippen LogP contribution in [0.3, 0.4) is 0 Å². The van der Waals surface area contributed by atoms with Crippen LogP contribution in [0.4, 0.5) is 11.6 Å². The number of carbonyl (C=O) groups is 2. The maximum atomic E-state index is 12.0. The van der Waals surface area contributed by atoms with Crippen LogP contribution in [0.15, 0.2) is 11.2 Å². The average molecular weight is 293 g/mol. The molecular weight excluding hydrogens is 278 g/mol. The Morgan fingerprint density at radius 1 is 1.45 bits per heavy atom. The second-order valence-corrected chi connectivity index (χ2v) is 5.92. The van der Waals surface area contributed by atoms with Crippen molar-refractivity contribution in [2.75, 3.05) is 30.0 Å². The van der Waals surface area contributed by atoms with E-state index in [1.54, 1.807) is 6.07 Å². The fourth-order valence-electron chi connectivity index (χ4n) is 2.77. The van der Waals surface area contributed by atoms with E-state index < -0.39 is 5.41 Å². The average Bonchev–Trinajstić information content (AvgIpc) is 2.94. The number of nitrogens with one attached hydrogen (secondary N) is 1. The molecular formula is C12H15N5O2S. The van der Waals surface area contributed by atoms with Gasteiger partial charge in [0, 0.05) is 25.6 Å². The van der Waals surface area contributed by atoms with E-state index >= 15 is 0 Å². The summed E-state index contributed by atoms with van der Waals surface area (Å²) in [5.74, 6) is 0.763. The minimum absolute atomic E-state index is 0.169. The van der Waals surface area contributed by atoms with Crippen molar-refractivity contribution in [1.82, 2.24) is 15.3 Å². The van der Waals surface area contributed by atoms with Gasteiger partial charge in [-0.2, -0.15) is 0 Å². The molecule has 1 aromatic rings.